The maximum Gasteiger partial charge on any atom is 0.242 e. The Balaban J connectivity index is 2.16. The minimum atomic E-state index is -0.516. The van der Waals surface area contributed by atoms with Crippen LogP contribution in [-0.4, -0.2) is 52.4 Å². The zero-order valence-electron chi connectivity index (χ0n) is 22.3. The van der Waals surface area contributed by atoms with Gasteiger partial charge in [0.25, 0.3) is 0 Å². The van der Waals surface area contributed by atoms with Gasteiger partial charge in [-0.05, 0) is 42.1 Å². The van der Waals surface area contributed by atoms with Gasteiger partial charge in [-0.25, -0.2) is 9.37 Å². The molecule has 1 unspecified atom stereocenters. The van der Waals surface area contributed by atoms with Gasteiger partial charge < -0.3 is 32.0 Å². The van der Waals surface area contributed by atoms with Crippen molar-refractivity contribution in [3.05, 3.63) is 71.9 Å². The molecule has 0 aliphatic heterocycles. The Morgan fingerprint density at radius 3 is 2.47 bits per heavy atom. The highest BCUT2D eigenvalue weighted by atomic mass is 19.1. The molecule has 0 aliphatic carbocycles. The van der Waals surface area contributed by atoms with Crippen LogP contribution in [0.25, 0.3) is 11.3 Å². The van der Waals surface area contributed by atoms with Gasteiger partial charge in [0.15, 0.2) is 0 Å². The second-order valence-electron chi connectivity index (χ2n) is 10.3. The van der Waals surface area contributed by atoms with Crippen LogP contribution in [0.4, 0.5) is 10.1 Å². The summed E-state index contributed by atoms with van der Waals surface area (Å²) in [5.41, 5.74) is 18.8. The lowest BCUT2D eigenvalue weighted by Gasteiger charge is -2.40. The van der Waals surface area contributed by atoms with Crippen LogP contribution in [0.5, 0.6) is 0 Å². The van der Waals surface area contributed by atoms with Crippen molar-refractivity contribution in [2.24, 2.45) is 16.9 Å². The number of halogens is 1. The Bertz CT molecular complexity index is 1240. The molecule has 3 rings (SSSR count). The molecule has 9 nitrogen and oxygen atoms in total. The fourth-order valence-corrected chi connectivity index (χ4v) is 4.43. The topological polar surface area (TPSA) is 145 Å². The molecule has 10 heteroatoms. The summed E-state index contributed by atoms with van der Waals surface area (Å²) in [6.45, 7) is 6.83. The second kappa shape index (κ2) is 12.7. The normalized spacial score (nSPS) is 12.3. The minimum Gasteiger partial charge on any atom is -0.399 e. The lowest BCUT2D eigenvalue weighted by Crippen LogP contribution is -2.48. The van der Waals surface area contributed by atoms with E-state index >= 15 is 0 Å². The van der Waals surface area contributed by atoms with Crippen LogP contribution in [0.2, 0.25) is 0 Å². The maximum absolute atomic E-state index is 14.9. The standard InChI is InChI=1S/C28H38FN7O2/c1-28(2,3)26(36(13-7-12-30)25(38)16-33-24(37)15-31)27-34-23(21-14-20(32)10-11-22(21)29)18-35(27)17-19-8-5-4-6-9-19/h4-6,8-11,14,18,26H,7,12-13,15-17,30-32H2,1-3H3,(H,33,37). The summed E-state index contributed by atoms with van der Waals surface area (Å²) in [6.07, 6.45) is 2.35. The third-order valence-electron chi connectivity index (χ3n) is 6.19. The van der Waals surface area contributed by atoms with Crippen LogP contribution in [0.15, 0.2) is 54.7 Å². The maximum atomic E-state index is 14.9. The molecule has 0 bridgehead atoms. The van der Waals surface area contributed by atoms with Gasteiger partial charge in [0.2, 0.25) is 11.8 Å². The first-order valence-electron chi connectivity index (χ1n) is 12.7. The first-order valence-corrected chi connectivity index (χ1v) is 12.7. The number of hydrogen-bond donors (Lipinski definition) is 4. The predicted octanol–water partition coefficient (Wildman–Crippen LogP) is 2.66. The highest BCUT2D eigenvalue weighted by Crippen LogP contribution is 2.39. The van der Waals surface area contributed by atoms with Crippen LogP contribution in [0.1, 0.15) is 44.6 Å². The third kappa shape index (κ3) is 7.17. The van der Waals surface area contributed by atoms with E-state index in [1.165, 1.54) is 12.1 Å². The molecular weight excluding hydrogens is 485 g/mol. The number of rotatable bonds is 11. The van der Waals surface area contributed by atoms with Gasteiger partial charge in [0, 0.05) is 30.5 Å². The molecule has 0 aliphatic rings. The monoisotopic (exact) mass is 523 g/mol. The van der Waals surface area contributed by atoms with Crippen molar-refractivity contribution < 1.29 is 14.0 Å². The lowest BCUT2D eigenvalue weighted by atomic mass is 9.84. The van der Waals surface area contributed by atoms with E-state index in [1.54, 1.807) is 17.2 Å². The molecule has 0 radical (unpaired) electrons. The molecule has 0 spiro atoms. The van der Waals surface area contributed by atoms with E-state index in [4.69, 9.17) is 22.2 Å². The van der Waals surface area contributed by atoms with Crippen LogP contribution >= 0.6 is 0 Å². The molecule has 38 heavy (non-hydrogen) atoms. The van der Waals surface area contributed by atoms with Crippen LogP contribution in [-0.2, 0) is 16.1 Å². The molecule has 2 aromatic carbocycles. The largest absolute Gasteiger partial charge is 0.399 e. The molecule has 0 saturated carbocycles. The van der Waals surface area contributed by atoms with Gasteiger partial charge in [0.05, 0.1) is 24.8 Å². The van der Waals surface area contributed by atoms with Gasteiger partial charge in [-0.15, -0.1) is 0 Å². The number of hydrogen-bond acceptors (Lipinski definition) is 6. The molecule has 2 amide bonds. The molecule has 3 aromatic rings. The highest BCUT2D eigenvalue weighted by molar-refractivity contribution is 5.85. The quantitative estimate of drug-likeness (QED) is 0.284. The van der Waals surface area contributed by atoms with E-state index in [0.717, 1.165) is 5.56 Å². The third-order valence-corrected chi connectivity index (χ3v) is 6.19. The summed E-state index contributed by atoms with van der Waals surface area (Å²) >= 11 is 0. The van der Waals surface area contributed by atoms with E-state index in [1.807, 2.05) is 55.7 Å². The summed E-state index contributed by atoms with van der Waals surface area (Å²) in [4.78, 5) is 31.9. The van der Waals surface area contributed by atoms with Gasteiger partial charge in [0.1, 0.15) is 11.6 Å². The van der Waals surface area contributed by atoms with Crippen molar-refractivity contribution >= 4 is 17.5 Å². The summed E-state index contributed by atoms with van der Waals surface area (Å²) in [5, 5.41) is 2.57. The number of amides is 2. The van der Waals surface area contributed by atoms with Crippen molar-refractivity contribution in [3.63, 3.8) is 0 Å². The fourth-order valence-electron chi connectivity index (χ4n) is 4.43. The zero-order chi connectivity index (χ0) is 27.9. The molecule has 7 N–H and O–H groups in total. The smallest absolute Gasteiger partial charge is 0.242 e. The van der Waals surface area contributed by atoms with Crippen molar-refractivity contribution in [2.45, 2.75) is 39.8 Å². The van der Waals surface area contributed by atoms with Crippen LogP contribution < -0.4 is 22.5 Å². The summed E-state index contributed by atoms with van der Waals surface area (Å²) in [5.74, 6) is -0.558. The Hall–Kier alpha value is -3.76. The molecule has 1 heterocycles. The molecule has 0 fully saturated rings. The number of anilines is 1. The number of nitrogens with zero attached hydrogens (tertiary/aromatic N) is 3. The number of nitrogens with two attached hydrogens (primary N) is 3. The number of nitrogens with one attached hydrogen (secondary N) is 1. The number of imidazole rings is 1. The van der Waals surface area contributed by atoms with Crippen molar-refractivity contribution in [2.75, 3.05) is 31.9 Å². The zero-order valence-corrected chi connectivity index (χ0v) is 22.3. The minimum absolute atomic E-state index is 0.205. The van der Waals surface area contributed by atoms with Gasteiger partial charge >= 0.3 is 0 Å². The predicted molar refractivity (Wildman–Crippen MR) is 147 cm³/mol. The van der Waals surface area contributed by atoms with Crippen LogP contribution in [0.3, 0.4) is 0 Å². The van der Waals surface area contributed by atoms with Gasteiger partial charge in [-0.3, -0.25) is 9.59 Å². The van der Waals surface area contributed by atoms with E-state index in [2.05, 4.69) is 5.32 Å². The lowest BCUT2D eigenvalue weighted by molar-refractivity contribution is -0.137. The number of nitrogen functional groups attached to an aromatic ring is 1. The van der Waals surface area contributed by atoms with E-state index in [9.17, 15) is 14.0 Å². The van der Waals surface area contributed by atoms with Crippen molar-refractivity contribution in [1.29, 1.82) is 0 Å². The first kappa shape index (κ1) is 28.8. The fraction of sp³-hybridized carbons (Fsp3) is 0.393. The molecule has 204 valence electrons. The highest BCUT2D eigenvalue weighted by Gasteiger charge is 2.38. The molecular formula is C28H38FN7O2. The second-order valence-corrected chi connectivity index (χ2v) is 10.3. The molecule has 1 atom stereocenters. The molecule has 0 saturated heterocycles. The van der Waals surface area contributed by atoms with Crippen molar-refractivity contribution in [3.8, 4) is 11.3 Å². The Morgan fingerprint density at radius 2 is 1.84 bits per heavy atom. The SMILES string of the molecule is CC(C)(C)C(c1nc(-c2cc(N)ccc2F)cn1Cc1ccccc1)N(CCCN)C(=O)CNC(=O)CN. The van der Waals surface area contributed by atoms with Gasteiger partial charge in [-0.1, -0.05) is 51.1 Å². The van der Waals surface area contributed by atoms with Gasteiger partial charge in [-0.2, -0.15) is 0 Å². The number of carbonyl (C=O) groups is 2. The van der Waals surface area contributed by atoms with Crippen molar-refractivity contribution in [1.82, 2.24) is 19.8 Å². The Kier molecular flexibility index (Phi) is 9.60. The number of aromatic nitrogens is 2. The van der Waals surface area contributed by atoms with E-state index < -0.39 is 23.2 Å². The van der Waals surface area contributed by atoms with E-state index in [0.29, 0.717) is 43.3 Å². The molecule has 1 aromatic heterocycles. The number of carbonyl (C=O) groups excluding carboxylic acids is 2. The van der Waals surface area contributed by atoms with Crippen LogP contribution in [0, 0.1) is 11.2 Å². The summed E-state index contributed by atoms with van der Waals surface area (Å²) < 4.78 is 16.8. The summed E-state index contributed by atoms with van der Waals surface area (Å²) in [6, 6.07) is 13.7. The Morgan fingerprint density at radius 1 is 1.13 bits per heavy atom. The Labute approximate surface area is 223 Å². The van der Waals surface area contributed by atoms with E-state index in [-0.39, 0.29) is 24.6 Å². The first-order chi connectivity index (χ1) is 18.0. The number of benzene rings is 2. The average Bonchev–Trinajstić information content (AvgIpc) is 3.28. The summed E-state index contributed by atoms with van der Waals surface area (Å²) in [7, 11) is 0. The average molecular weight is 524 g/mol.